The molecular formula is C22H25NO4S. The van der Waals surface area contributed by atoms with Gasteiger partial charge in [-0.2, -0.15) is 11.8 Å². The number of benzene rings is 2. The predicted octanol–water partition coefficient (Wildman–Crippen LogP) is 4.81. The number of carbonyl (C=O) groups is 2. The zero-order valence-electron chi connectivity index (χ0n) is 16.5. The van der Waals surface area contributed by atoms with Gasteiger partial charge in [0.05, 0.1) is 13.2 Å². The summed E-state index contributed by atoms with van der Waals surface area (Å²) in [4.78, 5) is 26.4. The molecule has 0 fully saturated rings. The van der Waals surface area contributed by atoms with Crippen LogP contribution in [0.25, 0.3) is 11.1 Å². The summed E-state index contributed by atoms with van der Waals surface area (Å²) in [5, 5.41) is 9.98. The first-order valence-corrected chi connectivity index (χ1v) is 10.1. The quantitative estimate of drug-likeness (QED) is 0.781. The van der Waals surface area contributed by atoms with Gasteiger partial charge in [-0.3, -0.25) is 4.90 Å². The van der Waals surface area contributed by atoms with E-state index in [0.717, 1.165) is 22.3 Å². The number of fused-ring (bicyclic) bond motifs is 3. The molecule has 148 valence electrons. The van der Waals surface area contributed by atoms with Crippen molar-refractivity contribution in [3.05, 3.63) is 59.7 Å². The van der Waals surface area contributed by atoms with Crippen LogP contribution in [0.3, 0.4) is 0 Å². The monoisotopic (exact) mass is 399 g/mol. The lowest BCUT2D eigenvalue weighted by Gasteiger charge is -2.35. The van der Waals surface area contributed by atoms with Crippen LogP contribution in [-0.2, 0) is 9.53 Å². The molecule has 0 saturated carbocycles. The summed E-state index contributed by atoms with van der Waals surface area (Å²) in [7, 11) is 1.29. The number of carbonyl (C=O) groups excluding carboxylic acids is 1. The Labute approximate surface area is 169 Å². The van der Waals surface area contributed by atoms with Crippen LogP contribution in [0, 0.1) is 0 Å². The number of nitrogens with zero attached hydrogens (tertiary/aromatic N) is 1. The molecule has 0 aromatic heterocycles. The number of hydrogen-bond donors (Lipinski definition) is 1. The molecule has 6 heteroatoms. The number of rotatable bonds is 5. The van der Waals surface area contributed by atoms with E-state index in [-0.39, 0.29) is 10.5 Å². The molecular weight excluding hydrogens is 374 g/mol. The molecule has 0 saturated heterocycles. The first kappa shape index (κ1) is 20.3. The van der Waals surface area contributed by atoms with Crippen molar-refractivity contribution >= 4 is 23.8 Å². The van der Waals surface area contributed by atoms with E-state index in [9.17, 15) is 14.7 Å². The Morgan fingerprint density at radius 3 is 2.00 bits per heavy atom. The predicted molar refractivity (Wildman–Crippen MR) is 112 cm³/mol. The second-order valence-corrected chi connectivity index (χ2v) is 9.58. The van der Waals surface area contributed by atoms with Crippen LogP contribution in [0.1, 0.15) is 37.9 Å². The van der Waals surface area contributed by atoms with Crippen LogP contribution in [0.2, 0.25) is 0 Å². The normalized spacial score (nSPS) is 14.1. The maximum Gasteiger partial charge on any atom is 0.411 e. The number of hydrogen-bond acceptors (Lipinski definition) is 4. The number of carboxylic acids is 1. The zero-order chi connectivity index (χ0) is 20.5. The van der Waals surface area contributed by atoms with Crippen LogP contribution >= 0.6 is 11.8 Å². The number of thioether (sulfide) groups is 1. The van der Waals surface area contributed by atoms with E-state index in [2.05, 4.69) is 0 Å². The van der Waals surface area contributed by atoms with Gasteiger partial charge in [0.1, 0.15) is 6.04 Å². The van der Waals surface area contributed by atoms with Gasteiger partial charge in [0.2, 0.25) is 0 Å². The molecule has 0 spiro atoms. The van der Waals surface area contributed by atoms with E-state index in [1.54, 1.807) is 0 Å². The first-order valence-electron chi connectivity index (χ1n) is 9.16. The zero-order valence-corrected chi connectivity index (χ0v) is 17.3. The average Bonchev–Trinajstić information content (AvgIpc) is 2.98. The van der Waals surface area contributed by atoms with Gasteiger partial charge in [0.25, 0.3) is 0 Å². The Morgan fingerprint density at radius 1 is 1.07 bits per heavy atom. The van der Waals surface area contributed by atoms with Gasteiger partial charge in [0, 0.05) is 10.5 Å². The highest BCUT2D eigenvalue weighted by Gasteiger charge is 2.42. The van der Waals surface area contributed by atoms with E-state index >= 15 is 0 Å². The van der Waals surface area contributed by atoms with Crippen LogP contribution in [0.4, 0.5) is 4.79 Å². The van der Waals surface area contributed by atoms with Crippen molar-refractivity contribution in [2.75, 3.05) is 12.9 Å². The number of carboxylic acid groups (broad SMARTS) is 1. The van der Waals surface area contributed by atoms with Crippen LogP contribution < -0.4 is 0 Å². The van der Waals surface area contributed by atoms with Crippen molar-refractivity contribution in [3.63, 3.8) is 0 Å². The number of ether oxygens (including phenoxy) is 1. The van der Waals surface area contributed by atoms with Crippen molar-refractivity contribution in [3.8, 4) is 11.1 Å². The third-order valence-electron chi connectivity index (χ3n) is 4.76. The Bertz CT molecular complexity index is 845. The second-order valence-electron chi connectivity index (χ2n) is 7.73. The Morgan fingerprint density at radius 2 is 1.57 bits per heavy atom. The standard InChI is InChI=1S/C22H25NO4S/c1-22(2,3)28-13-18(20(24)25)23(21(26)27-4)19-16-11-7-5-9-14(16)15-10-6-8-12-17(15)19/h5-12,18-19H,13H2,1-4H3,(H,24,25)/t18-/m1/s1. The molecule has 0 bridgehead atoms. The van der Waals surface area contributed by atoms with Crippen molar-refractivity contribution in [2.45, 2.75) is 37.6 Å². The lowest BCUT2D eigenvalue weighted by molar-refractivity contribution is -0.142. The summed E-state index contributed by atoms with van der Waals surface area (Å²) in [5.74, 6) is -0.765. The van der Waals surface area contributed by atoms with E-state index in [0.29, 0.717) is 0 Å². The second kappa shape index (κ2) is 7.87. The smallest absolute Gasteiger partial charge is 0.411 e. The minimum atomic E-state index is -1.04. The van der Waals surface area contributed by atoms with E-state index in [1.807, 2.05) is 69.3 Å². The fraction of sp³-hybridized carbons (Fsp3) is 0.364. The minimum absolute atomic E-state index is 0.124. The molecule has 2 aromatic rings. The largest absolute Gasteiger partial charge is 0.480 e. The van der Waals surface area contributed by atoms with Crippen LogP contribution in [0.15, 0.2) is 48.5 Å². The first-order chi connectivity index (χ1) is 13.2. The van der Waals surface area contributed by atoms with Gasteiger partial charge in [-0.15, -0.1) is 0 Å². The molecule has 1 N–H and O–H groups in total. The number of methoxy groups -OCH3 is 1. The molecule has 28 heavy (non-hydrogen) atoms. The minimum Gasteiger partial charge on any atom is -0.480 e. The summed E-state index contributed by atoms with van der Waals surface area (Å²) in [6.07, 6.45) is -0.640. The van der Waals surface area contributed by atoms with Gasteiger partial charge in [-0.05, 0) is 22.3 Å². The highest BCUT2D eigenvalue weighted by molar-refractivity contribution is 8.00. The maximum absolute atomic E-state index is 12.8. The van der Waals surface area contributed by atoms with Gasteiger partial charge < -0.3 is 9.84 Å². The molecule has 1 aliphatic rings. The van der Waals surface area contributed by atoms with Gasteiger partial charge in [-0.25, -0.2) is 9.59 Å². The molecule has 5 nitrogen and oxygen atoms in total. The third-order valence-corrected chi connectivity index (χ3v) is 6.11. The Kier molecular flexibility index (Phi) is 5.70. The van der Waals surface area contributed by atoms with Gasteiger partial charge in [-0.1, -0.05) is 69.3 Å². The lowest BCUT2D eigenvalue weighted by Crippen LogP contribution is -2.49. The molecule has 1 aliphatic carbocycles. The molecule has 0 heterocycles. The van der Waals surface area contributed by atoms with Crippen LogP contribution in [-0.4, -0.2) is 45.7 Å². The molecule has 2 aromatic carbocycles. The molecule has 0 radical (unpaired) electrons. The SMILES string of the molecule is COC(=O)N(C1c2ccccc2-c2ccccc21)[C@H](CSC(C)(C)C)C(=O)O. The molecule has 1 atom stereocenters. The van der Waals surface area contributed by atoms with Crippen molar-refractivity contribution in [2.24, 2.45) is 0 Å². The lowest BCUT2D eigenvalue weighted by atomic mass is 10.0. The van der Waals surface area contributed by atoms with Crippen LogP contribution in [0.5, 0.6) is 0 Å². The summed E-state index contributed by atoms with van der Waals surface area (Å²) >= 11 is 1.52. The molecule has 0 aliphatic heterocycles. The summed E-state index contributed by atoms with van der Waals surface area (Å²) < 4.78 is 4.91. The van der Waals surface area contributed by atoms with E-state index in [4.69, 9.17) is 4.74 Å². The van der Waals surface area contributed by atoms with E-state index in [1.165, 1.54) is 23.8 Å². The van der Waals surface area contributed by atoms with Gasteiger partial charge in [0.15, 0.2) is 0 Å². The van der Waals surface area contributed by atoms with Gasteiger partial charge >= 0.3 is 12.1 Å². The Hall–Kier alpha value is -2.47. The average molecular weight is 400 g/mol. The molecule has 1 amide bonds. The number of amides is 1. The van der Waals surface area contributed by atoms with Crippen molar-refractivity contribution in [1.29, 1.82) is 0 Å². The highest BCUT2D eigenvalue weighted by atomic mass is 32.2. The fourth-order valence-corrected chi connectivity index (χ4v) is 4.51. The molecule has 0 unspecified atom stereocenters. The maximum atomic E-state index is 12.8. The Balaban J connectivity index is 2.11. The van der Waals surface area contributed by atoms with Crippen molar-refractivity contribution in [1.82, 2.24) is 4.90 Å². The summed E-state index contributed by atoms with van der Waals surface area (Å²) in [6.45, 7) is 6.08. The summed E-state index contributed by atoms with van der Waals surface area (Å²) in [6, 6.07) is 14.1. The summed E-state index contributed by atoms with van der Waals surface area (Å²) in [5.41, 5.74) is 3.87. The van der Waals surface area contributed by atoms with E-state index < -0.39 is 24.1 Å². The highest BCUT2D eigenvalue weighted by Crippen LogP contribution is 2.47. The topological polar surface area (TPSA) is 66.8 Å². The third kappa shape index (κ3) is 3.87. The number of aliphatic carboxylic acids is 1. The van der Waals surface area contributed by atoms with Crippen molar-refractivity contribution < 1.29 is 19.4 Å². The fourth-order valence-electron chi connectivity index (χ4n) is 3.55. The molecule has 3 rings (SSSR count).